The van der Waals surface area contributed by atoms with E-state index in [-0.39, 0.29) is 30.1 Å². The van der Waals surface area contributed by atoms with Crippen LogP contribution in [0.3, 0.4) is 0 Å². The van der Waals surface area contributed by atoms with E-state index >= 15 is 0 Å². The van der Waals surface area contributed by atoms with Crippen LogP contribution in [-0.4, -0.2) is 40.3 Å². The van der Waals surface area contributed by atoms with Crippen LogP contribution in [0.1, 0.15) is 49.4 Å². The Morgan fingerprint density at radius 3 is 2.67 bits per heavy atom. The molecule has 1 saturated carbocycles. The second-order valence-corrected chi connectivity index (χ2v) is 9.00. The third-order valence-corrected chi connectivity index (χ3v) is 6.61. The van der Waals surface area contributed by atoms with Gasteiger partial charge in [-0.05, 0) is 31.9 Å². The Labute approximate surface area is 183 Å². The minimum absolute atomic E-state index is 0.00397. The third kappa shape index (κ3) is 6.27. The Balaban J connectivity index is 1.50. The average Bonchev–Trinajstić information content (AvgIpc) is 3.20. The summed E-state index contributed by atoms with van der Waals surface area (Å²) in [6.07, 6.45) is 5.20. The minimum atomic E-state index is -0.483. The highest BCUT2D eigenvalue weighted by molar-refractivity contribution is 8.01. The summed E-state index contributed by atoms with van der Waals surface area (Å²) < 4.78 is 5.60. The summed E-state index contributed by atoms with van der Waals surface area (Å²) in [7, 11) is 0. The number of ether oxygens (including phenoxy) is 1. The molecule has 0 radical (unpaired) electrons. The molecule has 0 bridgehead atoms. The van der Waals surface area contributed by atoms with Crippen LogP contribution in [0.2, 0.25) is 0 Å². The third-order valence-electron chi connectivity index (χ3n) is 4.64. The monoisotopic (exact) mass is 448 g/mol. The predicted molar refractivity (Wildman–Crippen MR) is 117 cm³/mol. The van der Waals surface area contributed by atoms with Gasteiger partial charge in [0, 0.05) is 5.92 Å². The largest absolute Gasteiger partial charge is 0.462 e. The average molecular weight is 449 g/mol. The molecule has 1 aromatic heterocycles. The molecule has 0 atom stereocenters. The molecule has 0 saturated heterocycles. The maximum atomic E-state index is 12.3. The van der Waals surface area contributed by atoms with Crippen molar-refractivity contribution in [3.8, 4) is 0 Å². The SMILES string of the molecule is CCOC(=O)c1ccccc1NC(=O)CSc1nnc(NC(=O)C2CCCCC2)s1. The van der Waals surface area contributed by atoms with E-state index in [1.807, 2.05) is 0 Å². The lowest BCUT2D eigenvalue weighted by Crippen LogP contribution is -2.24. The summed E-state index contributed by atoms with van der Waals surface area (Å²) in [5.41, 5.74) is 0.709. The number of nitrogens with zero attached hydrogens (tertiary/aromatic N) is 2. The molecular weight excluding hydrogens is 424 g/mol. The van der Waals surface area contributed by atoms with Gasteiger partial charge in [0.2, 0.25) is 16.9 Å². The maximum Gasteiger partial charge on any atom is 0.340 e. The first-order chi connectivity index (χ1) is 14.6. The molecule has 1 aliphatic rings. The first-order valence-corrected chi connectivity index (χ1v) is 11.7. The number of amides is 2. The highest BCUT2D eigenvalue weighted by Crippen LogP contribution is 2.28. The number of rotatable bonds is 8. The van der Waals surface area contributed by atoms with Crippen LogP contribution < -0.4 is 10.6 Å². The van der Waals surface area contributed by atoms with E-state index in [1.54, 1.807) is 31.2 Å². The number of anilines is 2. The van der Waals surface area contributed by atoms with Crippen LogP contribution in [0.4, 0.5) is 10.8 Å². The smallest absolute Gasteiger partial charge is 0.340 e. The summed E-state index contributed by atoms with van der Waals surface area (Å²) in [6, 6.07) is 6.70. The van der Waals surface area contributed by atoms with Gasteiger partial charge in [0.15, 0.2) is 4.34 Å². The molecule has 0 unspecified atom stereocenters. The lowest BCUT2D eigenvalue weighted by Gasteiger charge is -2.19. The van der Waals surface area contributed by atoms with Gasteiger partial charge < -0.3 is 15.4 Å². The molecule has 1 aliphatic carbocycles. The molecule has 30 heavy (non-hydrogen) atoms. The number of nitrogens with one attached hydrogen (secondary N) is 2. The standard InChI is InChI=1S/C20H24N4O4S2/c1-2-28-18(27)14-10-6-7-11-15(14)21-16(25)12-29-20-24-23-19(30-20)22-17(26)13-8-4-3-5-9-13/h6-7,10-11,13H,2-5,8-9,12H2,1H3,(H,21,25)(H,22,23,26). The van der Waals surface area contributed by atoms with Crippen LogP contribution >= 0.6 is 23.1 Å². The quantitative estimate of drug-likeness (QED) is 0.357. The summed E-state index contributed by atoms with van der Waals surface area (Å²) in [5, 5.41) is 14.0. The van der Waals surface area contributed by atoms with Crippen molar-refractivity contribution in [2.75, 3.05) is 23.0 Å². The van der Waals surface area contributed by atoms with Gasteiger partial charge in [-0.3, -0.25) is 9.59 Å². The lowest BCUT2D eigenvalue weighted by atomic mass is 9.89. The molecule has 160 valence electrons. The van der Waals surface area contributed by atoms with Gasteiger partial charge in [-0.15, -0.1) is 10.2 Å². The number of hydrogen-bond acceptors (Lipinski definition) is 8. The van der Waals surface area contributed by atoms with Crippen molar-refractivity contribution in [3.63, 3.8) is 0 Å². The number of thioether (sulfide) groups is 1. The normalized spacial score (nSPS) is 14.2. The summed E-state index contributed by atoms with van der Waals surface area (Å²) in [4.78, 5) is 36.6. The Morgan fingerprint density at radius 1 is 1.13 bits per heavy atom. The Kier molecular flexibility index (Phi) is 8.21. The molecule has 1 aromatic carbocycles. The number of aromatic nitrogens is 2. The highest BCUT2D eigenvalue weighted by Gasteiger charge is 2.22. The fourth-order valence-corrected chi connectivity index (χ4v) is 4.74. The van der Waals surface area contributed by atoms with Crippen molar-refractivity contribution in [3.05, 3.63) is 29.8 Å². The fraction of sp³-hybridized carbons (Fsp3) is 0.450. The van der Waals surface area contributed by atoms with Gasteiger partial charge in [-0.2, -0.15) is 0 Å². The lowest BCUT2D eigenvalue weighted by molar-refractivity contribution is -0.120. The van der Waals surface area contributed by atoms with E-state index in [4.69, 9.17) is 4.74 Å². The van der Waals surface area contributed by atoms with Gasteiger partial charge in [0.05, 0.1) is 23.6 Å². The Bertz CT molecular complexity index is 896. The number of carbonyl (C=O) groups excluding carboxylic acids is 3. The molecule has 2 amide bonds. The first-order valence-electron chi connectivity index (χ1n) is 9.90. The number of benzene rings is 1. The number of para-hydroxylation sites is 1. The van der Waals surface area contributed by atoms with Crippen molar-refractivity contribution < 1.29 is 19.1 Å². The van der Waals surface area contributed by atoms with Crippen LogP contribution in [0.25, 0.3) is 0 Å². The van der Waals surface area contributed by atoms with Crippen molar-refractivity contribution in [1.29, 1.82) is 0 Å². The molecule has 0 spiro atoms. The van der Waals surface area contributed by atoms with Gasteiger partial charge >= 0.3 is 5.97 Å². The predicted octanol–water partition coefficient (Wildman–Crippen LogP) is 3.96. The molecule has 2 N–H and O–H groups in total. The van der Waals surface area contributed by atoms with E-state index in [9.17, 15) is 14.4 Å². The topological polar surface area (TPSA) is 110 Å². The van der Waals surface area contributed by atoms with E-state index in [0.29, 0.717) is 20.7 Å². The van der Waals surface area contributed by atoms with Gasteiger partial charge in [0.25, 0.3) is 0 Å². The summed E-state index contributed by atoms with van der Waals surface area (Å²) in [5.74, 6) is -0.620. The molecule has 1 fully saturated rings. The summed E-state index contributed by atoms with van der Waals surface area (Å²) >= 11 is 2.46. The Hall–Kier alpha value is -2.46. The van der Waals surface area contributed by atoms with E-state index < -0.39 is 5.97 Å². The summed E-state index contributed by atoms with van der Waals surface area (Å²) in [6.45, 7) is 1.98. The van der Waals surface area contributed by atoms with Gasteiger partial charge in [-0.25, -0.2) is 4.79 Å². The van der Waals surface area contributed by atoms with E-state index in [0.717, 1.165) is 25.7 Å². The second kappa shape index (κ2) is 11.1. The van der Waals surface area contributed by atoms with Crippen LogP contribution in [0.15, 0.2) is 28.6 Å². The second-order valence-electron chi connectivity index (χ2n) is 6.80. The molecule has 3 rings (SSSR count). The number of carbonyl (C=O) groups is 3. The molecule has 2 aromatic rings. The number of esters is 1. The molecule has 0 aliphatic heterocycles. The molecule has 8 nitrogen and oxygen atoms in total. The van der Waals surface area contributed by atoms with Gasteiger partial charge in [0.1, 0.15) is 0 Å². The zero-order valence-corrected chi connectivity index (χ0v) is 18.3. The maximum absolute atomic E-state index is 12.3. The van der Waals surface area contributed by atoms with Crippen molar-refractivity contribution in [2.45, 2.75) is 43.4 Å². The Morgan fingerprint density at radius 2 is 1.90 bits per heavy atom. The van der Waals surface area contributed by atoms with Crippen molar-refractivity contribution in [2.24, 2.45) is 5.92 Å². The highest BCUT2D eigenvalue weighted by atomic mass is 32.2. The van der Waals surface area contributed by atoms with Crippen molar-refractivity contribution in [1.82, 2.24) is 10.2 Å². The molecular formula is C20H24N4O4S2. The van der Waals surface area contributed by atoms with E-state index in [1.165, 1.54) is 29.5 Å². The van der Waals surface area contributed by atoms with Crippen LogP contribution in [0, 0.1) is 5.92 Å². The van der Waals surface area contributed by atoms with Crippen LogP contribution in [-0.2, 0) is 14.3 Å². The minimum Gasteiger partial charge on any atom is -0.462 e. The van der Waals surface area contributed by atoms with E-state index in [2.05, 4.69) is 20.8 Å². The van der Waals surface area contributed by atoms with Crippen LogP contribution in [0.5, 0.6) is 0 Å². The fourth-order valence-electron chi connectivity index (χ4n) is 3.18. The zero-order chi connectivity index (χ0) is 21.3. The molecule has 10 heteroatoms. The zero-order valence-electron chi connectivity index (χ0n) is 16.7. The first kappa shape index (κ1) is 22.2. The molecule has 1 heterocycles. The number of hydrogen-bond donors (Lipinski definition) is 2. The van der Waals surface area contributed by atoms with Gasteiger partial charge in [-0.1, -0.05) is 54.5 Å². The van der Waals surface area contributed by atoms with Crippen molar-refractivity contribution >= 4 is 51.7 Å².